The summed E-state index contributed by atoms with van der Waals surface area (Å²) < 4.78 is 58.4. The average molecular weight is 365 g/mol. The predicted molar refractivity (Wildman–Crippen MR) is 82.9 cm³/mol. The first-order chi connectivity index (χ1) is 11.7. The van der Waals surface area contributed by atoms with E-state index in [1.54, 1.807) is 6.07 Å². The molecule has 0 aliphatic heterocycles. The summed E-state index contributed by atoms with van der Waals surface area (Å²) in [6, 6.07) is 7.57. The van der Waals surface area contributed by atoms with Crippen molar-refractivity contribution >= 4 is 17.0 Å². The van der Waals surface area contributed by atoms with Crippen molar-refractivity contribution in [2.45, 2.75) is 17.2 Å². The maximum Gasteiger partial charge on any atom is 0.314 e. The van der Waals surface area contributed by atoms with E-state index in [1.165, 1.54) is 24.5 Å². The minimum Gasteiger partial charge on any atom is -0.612 e. The molecule has 3 rings (SSSR count). The van der Waals surface area contributed by atoms with E-state index in [-0.39, 0.29) is 33.1 Å². The number of hydrogen-bond acceptors (Lipinski definition) is 4. The van der Waals surface area contributed by atoms with Crippen molar-refractivity contribution in [2.24, 2.45) is 0 Å². The van der Waals surface area contributed by atoms with E-state index in [0.717, 1.165) is 12.1 Å². The number of carbonyl (C=O) groups excluding carboxylic acids is 1. The lowest BCUT2D eigenvalue weighted by atomic mass is 10.1. The van der Waals surface area contributed by atoms with E-state index in [4.69, 9.17) is 10.00 Å². The van der Waals surface area contributed by atoms with E-state index in [2.05, 4.69) is 0 Å². The third-order valence-electron chi connectivity index (χ3n) is 3.73. The number of carbonyl (C=O) groups is 1. The summed E-state index contributed by atoms with van der Waals surface area (Å²) in [7, 11) is 0. The highest BCUT2D eigenvalue weighted by Gasteiger charge is 2.51. The number of Topliss-reactive ketones (excluding diaryl/α,β-unsaturated/α-hetero) is 1. The van der Waals surface area contributed by atoms with Crippen molar-refractivity contribution < 1.29 is 27.3 Å². The lowest BCUT2D eigenvalue weighted by Crippen LogP contribution is -2.24. The number of rotatable bonds is 3. The van der Waals surface area contributed by atoms with Crippen molar-refractivity contribution in [1.82, 2.24) is 0 Å². The number of ether oxygens (including phenoxy) is 1. The highest BCUT2D eigenvalue weighted by Crippen LogP contribution is 2.43. The van der Waals surface area contributed by atoms with Crippen LogP contribution >= 0.6 is 0 Å². The molecule has 0 N–H and O–H groups in total. The van der Waals surface area contributed by atoms with Gasteiger partial charge in [-0.15, -0.1) is 0 Å². The number of benzene rings is 2. The van der Waals surface area contributed by atoms with Gasteiger partial charge in [-0.25, -0.2) is 4.39 Å². The van der Waals surface area contributed by atoms with E-state index in [0.29, 0.717) is 0 Å². The first-order valence-electron chi connectivity index (χ1n) is 7.03. The monoisotopic (exact) mass is 365 g/mol. The van der Waals surface area contributed by atoms with Crippen LogP contribution in [0.4, 0.5) is 13.2 Å². The number of fused-ring (bicyclic) bond motifs is 1. The molecule has 1 atom stereocenters. The van der Waals surface area contributed by atoms with Gasteiger partial charge in [0.1, 0.15) is 23.6 Å². The molecule has 0 saturated carbocycles. The second-order valence-corrected chi connectivity index (χ2v) is 6.82. The predicted octanol–water partition coefficient (Wildman–Crippen LogP) is 3.60. The van der Waals surface area contributed by atoms with Gasteiger partial charge in [-0.3, -0.25) is 4.79 Å². The summed E-state index contributed by atoms with van der Waals surface area (Å²) in [6.07, 6.45) is 0.396. The summed E-state index contributed by atoms with van der Waals surface area (Å²) in [5.74, 6) is -5.88. The van der Waals surface area contributed by atoms with Crippen molar-refractivity contribution in [3.8, 4) is 17.6 Å². The van der Waals surface area contributed by atoms with Crippen molar-refractivity contribution in [1.29, 1.82) is 5.26 Å². The molecule has 0 amide bonds. The van der Waals surface area contributed by atoms with E-state index >= 15 is 0 Å². The zero-order chi connectivity index (χ0) is 18.4. The lowest BCUT2D eigenvalue weighted by molar-refractivity contribution is 0.0165. The Labute approximate surface area is 144 Å². The van der Waals surface area contributed by atoms with E-state index in [1.807, 2.05) is 0 Å². The molecule has 1 aliphatic carbocycles. The molecular weight excluding hydrogens is 355 g/mol. The fourth-order valence-electron chi connectivity index (χ4n) is 2.67. The molecule has 1 aliphatic rings. The molecule has 128 valence electrons. The van der Waals surface area contributed by atoms with Crippen LogP contribution in [-0.4, -0.2) is 22.5 Å². The van der Waals surface area contributed by atoms with Crippen LogP contribution < -0.4 is 4.74 Å². The fourth-order valence-corrected chi connectivity index (χ4v) is 3.43. The van der Waals surface area contributed by atoms with Gasteiger partial charge in [-0.1, -0.05) is 0 Å². The summed E-state index contributed by atoms with van der Waals surface area (Å²) >= 11 is -1.64. The quantitative estimate of drug-likeness (QED) is 0.779. The minimum absolute atomic E-state index is 0.000617. The molecule has 0 bridgehead atoms. The molecule has 2 aromatic carbocycles. The average Bonchev–Trinajstić information content (AvgIpc) is 2.78. The largest absolute Gasteiger partial charge is 0.612 e. The van der Waals surface area contributed by atoms with Crippen LogP contribution in [-0.2, 0) is 17.6 Å². The standard InChI is InChI=1S/C17H10F3NO3S/c1-25(23)14-3-2-13(12-7-17(19,20)16(22)15(12)14)24-11-5-9(8-21)4-10(18)6-11/h2-6H,7H2,1H3. The molecule has 4 nitrogen and oxygen atoms in total. The smallest absolute Gasteiger partial charge is 0.314 e. The molecule has 0 fully saturated rings. The highest BCUT2D eigenvalue weighted by atomic mass is 32.2. The molecular formula is C17H10F3NO3S. The van der Waals surface area contributed by atoms with Crippen LogP contribution in [0.25, 0.3) is 0 Å². The summed E-state index contributed by atoms with van der Waals surface area (Å²) in [5, 5.41) is 8.86. The maximum absolute atomic E-state index is 13.9. The van der Waals surface area contributed by atoms with Crippen LogP contribution in [0.3, 0.4) is 0 Å². The number of nitrogens with zero attached hydrogens (tertiary/aromatic N) is 1. The van der Waals surface area contributed by atoms with Crippen LogP contribution in [0, 0.1) is 17.1 Å². The van der Waals surface area contributed by atoms with Gasteiger partial charge in [0, 0.05) is 18.1 Å². The molecule has 2 aromatic rings. The van der Waals surface area contributed by atoms with Crippen molar-refractivity contribution in [3.05, 3.63) is 52.8 Å². The van der Waals surface area contributed by atoms with Crippen molar-refractivity contribution in [3.63, 3.8) is 0 Å². The third kappa shape index (κ3) is 3.08. The van der Waals surface area contributed by atoms with Gasteiger partial charge in [0.15, 0.2) is 4.90 Å². The van der Waals surface area contributed by atoms with Gasteiger partial charge in [0.05, 0.1) is 17.2 Å². The molecule has 0 heterocycles. The van der Waals surface area contributed by atoms with E-state index < -0.39 is 35.1 Å². The molecule has 0 spiro atoms. The number of halogens is 3. The Morgan fingerprint density at radius 3 is 2.68 bits per heavy atom. The minimum atomic E-state index is -3.62. The topological polar surface area (TPSA) is 73.2 Å². The van der Waals surface area contributed by atoms with Crippen LogP contribution in [0.5, 0.6) is 11.5 Å². The zero-order valence-corrected chi connectivity index (χ0v) is 13.6. The summed E-state index contributed by atoms with van der Waals surface area (Å²) in [4.78, 5) is 12.0. The Bertz CT molecular complexity index is 922. The Morgan fingerprint density at radius 2 is 2.04 bits per heavy atom. The summed E-state index contributed by atoms with van der Waals surface area (Å²) in [6.45, 7) is 0. The maximum atomic E-state index is 13.9. The number of hydrogen-bond donors (Lipinski definition) is 0. The third-order valence-corrected chi connectivity index (χ3v) is 4.69. The van der Waals surface area contributed by atoms with Gasteiger partial charge in [0.25, 0.3) is 0 Å². The first-order valence-corrected chi connectivity index (χ1v) is 8.59. The fraction of sp³-hybridized carbons (Fsp3) is 0.176. The number of alkyl halides is 2. The molecule has 8 heteroatoms. The summed E-state index contributed by atoms with van der Waals surface area (Å²) in [5.41, 5.74) is -0.398. The number of ketones is 1. The van der Waals surface area contributed by atoms with Gasteiger partial charge in [0.2, 0.25) is 5.78 Å². The van der Waals surface area contributed by atoms with Gasteiger partial charge >= 0.3 is 5.92 Å². The van der Waals surface area contributed by atoms with Crippen LogP contribution in [0.1, 0.15) is 21.5 Å². The van der Waals surface area contributed by atoms with E-state index in [9.17, 15) is 22.5 Å². The Kier molecular flexibility index (Phi) is 4.22. The molecule has 1 unspecified atom stereocenters. The molecule has 0 aromatic heterocycles. The highest BCUT2D eigenvalue weighted by molar-refractivity contribution is 7.90. The molecule has 25 heavy (non-hydrogen) atoms. The van der Waals surface area contributed by atoms with Gasteiger partial charge in [-0.05, 0) is 35.4 Å². The zero-order valence-electron chi connectivity index (χ0n) is 12.8. The number of nitriles is 1. The molecule has 0 saturated heterocycles. The normalized spacial score (nSPS) is 16.2. The SMILES string of the molecule is C[S+]([O-])c1ccc(Oc2cc(F)cc(C#N)c2)c2c1C(=O)C(F)(F)C2. The van der Waals surface area contributed by atoms with Crippen molar-refractivity contribution in [2.75, 3.05) is 6.26 Å². The van der Waals surface area contributed by atoms with Gasteiger partial charge < -0.3 is 9.29 Å². The second kappa shape index (κ2) is 6.10. The van der Waals surface area contributed by atoms with Crippen LogP contribution in [0.15, 0.2) is 35.2 Å². The lowest BCUT2D eigenvalue weighted by Gasteiger charge is -2.13. The Balaban J connectivity index is 2.10. The van der Waals surface area contributed by atoms with Gasteiger partial charge in [-0.2, -0.15) is 14.0 Å². The molecule has 0 radical (unpaired) electrons. The first kappa shape index (κ1) is 17.3. The van der Waals surface area contributed by atoms with Crippen LogP contribution in [0.2, 0.25) is 0 Å². The Morgan fingerprint density at radius 1 is 1.32 bits per heavy atom. The second-order valence-electron chi connectivity index (χ2n) is 5.47. The Hall–Kier alpha value is -2.50.